The Morgan fingerprint density at radius 1 is 1.03 bits per heavy atom. The SMILES string of the molecule is Cc1nn(-c2ccc(C3=Nc4ccccc4NC(c4ccc(Cl)cc4)C3)cc2)c(=O)o1. The normalized spacial score (nSPS) is 15.5. The lowest BCUT2D eigenvalue weighted by Crippen LogP contribution is -2.15. The molecule has 0 aliphatic carbocycles. The highest BCUT2D eigenvalue weighted by atomic mass is 35.5. The lowest BCUT2D eigenvalue weighted by Gasteiger charge is -2.19. The van der Waals surface area contributed by atoms with E-state index in [0.29, 0.717) is 23.0 Å². The third-order valence-electron chi connectivity index (χ3n) is 5.25. The van der Waals surface area contributed by atoms with Crippen LogP contribution in [0.25, 0.3) is 5.69 Å². The van der Waals surface area contributed by atoms with Crippen molar-refractivity contribution in [2.75, 3.05) is 5.32 Å². The molecule has 0 saturated heterocycles. The third-order valence-corrected chi connectivity index (χ3v) is 5.50. The largest absolute Gasteiger partial charge is 0.441 e. The first-order chi connectivity index (χ1) is 15.1. The number of anilines is 1. The lowest BCUT2D eigenvalue weighted by molar-refractivity contribution is 0.477. The van der Waals surface area contributed by atoms with Crippen LogP contribution in [-0.2, 0) is 0 Å². The number of hydrogen-bond acceptors (Lipinski definition) is 5. The fourth-order valence-corrected chi connectivity index (χ4v) is 3.85. The molecular formula is C24H19ClN4O2. The topological polar surface area (TPSA) is 72.4 Å². The van der Waals surface area contributed by atoms with Crippen LogP contribution in [0.3, 0.4) is 0 Å². The molecule has 1 N–H and O–H groups in total. The summed E-state index contributed by atoms with van der Waals surface area (Å²) in [5, 5.41) is 8.44. The maximum Gasteiger partial charge on any atom is 0.441 e. The Morgan fingerprint density at radius 2 is 1.77 bits per heavy atom. The summed E-state index contributed by atoms with van der Waals surface area (Å²) >= 11 is 6.09. The molecule has 4 aromatic rings. The summed E-state index contributed by atoms with van der Waals surface area (Å²) in [6.45, 7) is 1.65. The summed E-state index contributed by atoms with van der Waals surface area (Å²) in [6, 6.07) is 23.5. The molecule has 0 saturated carbocycles. The minimum Gasteiger partial charge on any atom is -0.392 e. The molecule has 0 bridgehead atoms. The molecule has 0 spiro atoms. The number of nitrogens with one attached hydrogen (secondary N) is 1. The Bertz CT molecular complexity index is 1320. The molecule has 1 atom stereocenters. The number of hydrogen-bond donors (Lipinski definition) is 1. The van der Waals surface area contributed by atoms with Crippen LogP contribution in [0, 0.1) is 6.92 Å². The van der Waals surface area contributed by atoms with Gasteiger partial charge in [-0.15, -0.1) is 5.10 Å². The van der Waals surface area contributed by atoms with Crippen LogP contribution >= 0.6 is 11.6 Å². The van der Waals surface area contributed by atoms with Crippen LogP contribution in [0.5, 0.6) is 0 Å². The van der Waals surface area contributed by atoms with Gasteiger partial charge in [-0.2, -0.15) is 4.68 Å². The van der Waals surface area contributed by atoms with Crippen LogP contribution in [0.2, 0.25) is 5.02 Å². The molecule has 1 aliphatic rings. The lowest BCUT2D eigenvalue weighted by atomic mass is 9.97. The number of aromatic nitrogens is 2. The maximum atomic E-state index is 11.9. The van der Waals surface area contributed by atoms with Crippen LogP contribution in [0.1, 0.15) is 29.5 Å². The predicted octanol–water partition coefficient (Wildman–Crippen LogP) is 5.47. The van der Waals surface area contributed by atoms with E-state index in [1.54, 1.807) is 6.92 Å². The first kappa shape index (κ1) is 19.3. The van der Waals surface area contributed by atoms with E-state index in [1.165, 1.54) is 4.68 Å². The van der Waals surface area contributed by atoms with Gasteiger partial charge in [-0.25, -0.2) is 4.79 Å². The standard InChI is InChI=1S/C24H19ClN4O2/c1-15-28-29(24(30)31-15)19-12-8-17(9-13-19)23-14-22(16-6-10-18(25)11-7-16)26-20-4-2-3-5-21(20)27-23/h2-13,22,26H,14H2,1H3. The van der Waals surface area contributed by atoms with Crippen molar-refractivity contribution in [2.45, 2.75) is 19.4 Å². The minimum atomic E-state index is -0.502. The van der Waals surface area contributed by atoms with Crippen LogP contribution in [0.15, 0.2) is 87.0 Å². The van der Waals surface area contributed by atoms with Crippen LogP contribution in [-0.4, -0.2) is 15.5 Å². The number of halogens is 1. The average molecular weight is 431 g/mol. The Kier molecular flexibility index (Phi) is 4.92. The number of para-hydroxylation sites is 2. The number of aryl methyl sites for hydroxylation is 1. The van der Waals surface area contributed by atoms with E-state index in [9.17, 15) is 4.79 Å². The summed E-state index contributed by atoms with van der Waals surface area (Å²) in [5.41, 5.74) is 5.59. The molecule has 0 radical (unpaired) electrons. The maximum absolute atomic E-state index is 11.9. The predicted molar refractivity (Wildman–Crippen MR) is 122 cm³/mol. The Balaban J connectivity index is 1.53. The van der Waals surface area contributed by atoms with E-state index in [-0.39, 0.29) is 6.04 Å². The third kappa shape index (κ3) is 3.90. The zero-order chi connectivity index (χ0) is 21.4. The van der Waals surface area contributed by atoms with E-state index in [2.05, 4.69) is 10.4 Å². The number of nitrogens with zero attached hydrogens (tertiary/aromatic N) is 3. The molecule has 2 heterocycles. The van der Waals surface area contributed by atoms with E-state index >= 15 is 0 Å². The smallest absolute Gasteiger partial charge is 0.392 e. The summed E-state index contributed by atoms with van der Waals surface area (Å²) in [4.78, 5) is 16.9. The molecular weight excluding hydrogens is 412 g/mol. The highest BCUT2D eigenvalue weighted by Crippen LogP contribution is 2.35. The van der Waals surface area contributed by atoms with E-state index in [1.807, 2.05) is 72.8 Å². The molecule has 31 heavy (non-hydrogen) atoms. The number of fused-ring (bicyclic) bond motifs is 1. The van der Waals surface area contributed by atoms with Gasteiger partial charge in [0.2, 0.25) is 5.89 Å². The molecule has 7 heteroatoms. The number of benzene rings is 3. The van der Waals surface area contributed by atoms with Gasteiger partial charge >= 0.3 is 5.76 Å². The highest BCUT2D eigenvalue weighted by molar-refractivity contribution is 6.30. The molecule has 6 nitrogen and oxygen atoms in total. The second-order valence-electron chi connectivity index (χ2n) is 7.37. The fraction of sp³-hybridized carbons (Fsp3) is 0.125. The van der Waals surface area contributed by atoms with E-state index < -0.39 is 5.76 Å². The van der Waals surface area contributed by atoms with Crippen molar-refractivity contribution in [3.63, 3.8) is 0 Å². The molecule has 1 aromatic heterocycles. The van der Waals surface area contributed by atoms with Gasteiger partial charge in [-0.05, 0) is 47.5 Å². The molecule has 3 aromatic carbocycles. The summed E-state index contributed by atoms with van der Waals surface area (Å²) < 4.78 is 6.25. The molecule has 0 fully saturated rings. The van der Waals surface area contributed by atoms with Crippen LogP contribution in [0.4, 0.5) is 11.4 Å². The summed E-state index contributed by atoms with van der Waals surface area (Å²) in [7, 11) is 0. The average Bonchev–Trinajstić information content (AvgIpc) is 3.00. The Hall–Kier alpha value is -3.64. The van der Waals surface area contributed by atoms with Crippen molar-refractivity contribution in [3.8, 4) is 5.69 Å². The van der Waals surface area contributed by atoms with Gasteiger partial charge in [0.15, 0.2) is 0 Å². The molecule has 0 amide bonds. The Labute approximate surface area is 183 Å². The van der Waals surface area contributed by atoms with Gasteiger partial charge in [0, 0.05) is 18.4 Å². The molecule has 1 unspecified atom stereocenters. The van der Waals surface area contributed by atoms with E-state index in [0.717, 1.165) is 28.2 Å². The van der Waals surface area contributed by atoms with Crippen molar-refractivity contribution in [3.05, 3.63) is 105 Å². The van der Waals surface area contributed by atoms with Gasteiger partial charge in [-0.3, -0.25) is 4.99 Å². The molecule has 1 aliphatic heterocycles. The summed E-state index contributed by atoms with van der Waals surface area (Å²) in [5.74, 6) is -0.173. The molecule has 5 rings (SSSR count). The first-order valence-electron chi connectivity index (χ1n) is 9.93. The van der Waals surface area contributed by atoms with Crippen molar-refractivity contribution in [1.29, 1.82) is 0 Å². The van der Waals surface area contributed by atoms with Crippen molar-refractivity contribution in [1.82, 2.24) is 9.78 Å². The summed E-state index contributed by atoms with van der Waals surface area (Å²) in [6.07, 6.45) is 0.693. The van der Waals surface area contributed by atoms with Gasteiger partial charge in [0.05, 0.1) is 28.8 Å². The monoisotopic (exact) mass is 430 g/mol. The van der Waals surface area contributed by atoms with Crippen molar-refractivity contribution >= 4 is 28.7 Å². The van der Waals surface area contributed by atoms with Gasteiger partial charge in [0.25, 0.3) is 0 Å². The van der Waals surface area contributed by atoms with Gasteiger partial charge in [0.1, 0.15) is 0 Å². The number of aliphatic imine (C=N–C) groups is 1. The second-order valence-corrected chi connectivity index (χ2v) is 7.81. The zero-order valence-corrected chi connectivity index (χ0v) is 17.5. The second kappa shape index (κ2) is 7.89. The fourth-order valence-electron chi connectivity index (χ4n) is 3.72. The number of rotatable bonds is 3. The van der Waals surface area contributed by atoms with Crippen molar-refractivity contribution < 1.29 is 4.42 Å². The minimum absolute atomic E-state index is 0.0418. The zero-order valence-electron chi connectivity index (χ0n) is 16.7. The highest BCUT2D eigenvalue weighted by Gasteiger charge is 2.21. The first-order valence-corrected chi connectivity index (χ1v) is 10.3. The van der Waals surface area contributed by atoms with Crippen molar-refractivity contribution in [2.24, 2.45) is 4.99 Å². The molecule has 154 valence electrons. The quantitative estimate of drug-likeness (QED) is 0.468. The van der Waals surface area contributed by atoms with Gasteiger partial charge in [-0.1, -0.05) is 48.0 Å². The van der Waals surface area contributed by atoms with Gasteiger partial charge < -0.3 is 9.73 Å². The Morgan fingerprint density at radius 3 is 2.48 bits per heavy atom. The van der Waals surface area contributed by atoms with Crippen LogP contribution < -0.4 is 11.1 Å². The van der Waals surface area contributed by atoms with E-state index in [4.69, 9.17) is 21.0 Å².